The molecule has 0 aliphatic heterocycles. The van der Waals surface area contributed by atoms with Crippen molar-refractivity contribution in [2.75, 3.05) is 18.1 Å². The van der Waals surface area contributed by atoms with Crippen LogP contribution in [0.3, 0.4) is 0 Å². The molecular weight excluding hydrogens is 319 g/mol. The van der Waals surface area contributed by atoms with Crippen molar-refractivity contribution in [3.05, 3.63) is 32.3 Å². The van der Waals surface area contributed by atoms with Crippen LogP contribution in [-0.2, 0) is 9.53 Å². The molecule has 1 aliphatic rings. The molecule has 0 aromatic heterocycles. The Bertz CT molecular complexity index is 576. The minimum atomic E-state index is -0.530. The highest BCUT2D eigenvalue weighted by atomic mass is 35.5. The number of ether oxygens (including phenoxy) is 1. The molecule has 0 saturated heterocycles. The van der Waals surface area contributed by atoms with E-state index in [-0.39, 0.29) is 34.9 Å². The predicted molar refractivity (Wildman–Crippen MR) is 80.1 cm³/mol. The summed E-state index contributed by atoms with van der Waals surface area (Å²) in [6.07, 6.45) is 1.74. The summed E-state index contributed by atoms with van der Waals surface area (Å²) in [6.45, 7) is 1.93. The van der Waals surface area contributed by atoms with Crippen molar-refractivity contribution < 1.29 is 14.5 Å². The molecule has 1 aromatic carbocycles. The Morgan fingerprint density at radius 3 is 2.57 bits per heavy atom. The van der Waals surface area contributed by atoms with Crippen LogP contribution in [0.1, 0.15) is 19.8 Å². The number of hydrogen-bond acceptors (Lipinski definition) is 5. The smallest absolute Gasteiger partial charge is 0.325 e. The van der Waals surface area contributed by atoms with Crippen LogP contribution in [0.2, 0.25) is 10.0 Å². The second kappa shape index (κ2) is 6.49. The molecule has 8 heteroatoms. The Morgan fingerprint density at radius 1 is 1.43 bits per heavy atom. The lowest BCUT2D eigenvalue weighted by Crippen LogP contribution is -2.33. The molecule has 0 unspecified atom stereocenters. The Kier molecular flexibility index (Phi) is 4.90. The fraction of sp³-hybridized carbons (Fsp3) is 0.462. The first-order valence-electron chi connectivity index (χ1n) is 6.49. The van der Waals surface area contributed by atoms with Gasteiger partial charge in [-0.25, -0.2) is 0 Å². The Balaban J connectivity index is 2.37. The zero-order valence-electron chi connectivity index (χ0n) is 11.3. The second-order valence-electron chi connectivity index (χ2n) is 4.68. The van der Waals surface area contributed by atoms with E-state index < -0.39 is 10.9 Å². The van der Waals surface area contributed by atoms with Crippen LogP contribution < -0.4 is 4.90 Å². The third-order valence-corrected chi connectivity index (χ3v) is 3.84. The van der Waals surface area contributed by atoms with Crippen molar-refractivity contribution >= 4 is 40.5 Å². The highest BCUT2D eigenvalue weighted by Gasteiger charge is 2.35. The molecular formula is C13H14Cl2N2O4. The molecule has 21 heavy (non-hydrogen) atoms. The number of nitro benzene ring substituents is 1. The van der Waals surface area contributed by atoms with Gasteiger partial charge in [-0.2, -0.15) is 0 Å². The maximum Gasteiger partial charge on any atom is 0.325 e. The number of carbonyl (C=O) groups is 1. The van der Waals surface area contributed by atoms with E-state index in [1.165, 1.54) is 12.1 Å². The van der Waals surface area contributed by atoms with Crippen LogP contribution in [0.15, 0.2) is 12.1 Å². The Hall–Kier alpha value is -1.53. The highest BCUT2D eigenvalue weighted by molar-refractivity contribution is 6.42. The quantitative estimate of drug-likeness (QED) is 0.453. The number of hydrogen-bond donors (Lipinski definition) is 0. The lowest BCUT2D eigenvalue weighted by molar-refractivity contribution is -0.384. The molecule has 0 bridgehead atoms. The summed E-state index contributed by atoms with van der Waals surface area (Å²) in [7, 11) is 0. The van der Waals surface area contributed by atoms with Gasteiger partial charge >= 0.3 is 5.97 Å². The molecule has 1 aromatic rings. The lowest BCUT2D eigenvalue weighted by Gasteiger charge is -2.23. The fourth-order valence-corrected chi connectivity index (χ4v) is 2.36. The van der Waals surface area contributed by atoms with Gasteiger partial charge in [0.15, 0.2) is 0 Å². The summed E-state index contributed by atoms with van der Waals surface area (Å²) in [4.78, 5) is 24.0. The monoisotopic (exact) mass is 332 g/mol. The zero-order valence-corrected chi connectivity index (χ0v) is 12.9. The summed E-state index contributed by atoms with van der Waals surface area (Å²) < 4.78 is 4.92. The first kappa shape index (κ1) is 15.9. The van der Waals surface area contributed by atoms with Gasteiger partial charge in [-0.05, 0) is 25.8 Å². The molecule has 2 rings (SSSR count). The van der Waals surface area contributed by atoms with Crippen molar-refractivity contribution in [1.82, 2.24) is 0 Å². The van der Waals surface area contributed by atoms with Crippen molar-refractivity contribution in [1.29, 1.82) is 0 Å². The number of rotatable bonds is 6. The van der Waals surface area contributed by atoms with Crippen LogP contribution >= 0.6 is 23.2 Å². The van der Waals surface area contributed by atoms with Gasteiger partial charge in [0.05, 0.1) is 21.6 Å². The second-order valence-corrected chi connectivity index (χ2v) is 5.49. The first-order chi connectivity index (χ1) is 9.93. The topological polar surface area (TPSA) is 72.7 Å². The third-order valence-electron chi connectivity index (χ3n) is 3.12. The van der Waals surface area contributed by atoms with E-state index in [1.807, 2.05) is 0 Å². The standard InChI is InChI=1S/C13H14Cl2N2O4/c1-2-21-13(18)7-16(8-3-4-8)11-5-9(14)10(15)6-12(11)17(19)20/h5-6,8H,2-4,7H2,1H3. The van der Waals surface area contributed by atoms with Gasteiger partial charge in [-0.1, -0.05) is 23.2 Å². The van der Waals surface area contributed by atoms with Gasteiger partial charge in [-0.3, -0.25) is 14.9 Å². The van der Waals surface area contributed by atoms with E-state index in [4.69, 9.17) is 27.9 Å². The van der Waals surface area contributed by atoms with Crippen LogP contribution in [0, 0.1) is 10.1 Å². The number of anilines is 1. The fourth-order valence-electron chi connectivity index (χ4n) is 2.05. The summed E-state index contributed by atoms with van der Waals surface area (Å²) >= 11 is 11.8. The van der Waals surface area contributed by atoms with E-state index in [2.05, 4.69) is 0 Å². The van der Waals surface area contributed by atoms with Crippen LogP contribution in [0.25, 0.3) is 0 Å². The third kappa shape index (κ3) is 3.77. The Morgan fingerprint density at radius 2 is 2.05 bits per heavy atom. The van der Waals surface area contributed by atoms with Crippen LogP contribution in [0.5, 0.6) is 0 Å². The molecule has 0 amide bonds. The van der Waals surface area contributed by atoms with Crippen molar-refractivity contribution in [2.24, 2.45) is 0 Å². The maximum atomic E-state index is 11.7. The van der Waals surface area contributed by atoms with E-state index in [0.717, 1.165) is 12.8 Å². The number of esters is 1. The molecule has 0 radical (unpaired) electrons. The van der Waals surface area contributed by atoms with Gasteiger partial charge in [0.25, 0.3) is 5.69 Å². The molecule has 0 N–H and O–H groups in total. The number of nitrogens with zero attached hydrogens (tertiary/aromatic N) is 2. The summed E-state index contributed by atoms with van der Waals surface area (Å²) in [5.74, 6) is -0.426. The molecule has 1 aliphatic carbocycles. The Labute approximate surface area is 131 Å². The van der Waals surface area contributed by atoms with E-state index >= 15 is 0 Å². The van der Waals surface area contributed by atoms with E-state index in [1.54, 1.807) is 11.8 Å². The average Bonchev–Trinajstić information content (AvgIpc) is 3.23. The molecule has 0 heterocycles. The number of halogens is 2. The van der Waals surface area contributed by atoms with Crippen molar-refractivity contribution in [2.45, 2.75) is 25.8 Å². The van der Waals surface area contributed by atoms with Gasteiger partial charge in [0, 0.05) is 12.1 Å². The number of nitro groups is 1. The van der Waals surface area contributed by atoms with E-state index in [0.29, 0.717) is 5.69 Å². The molecule has 0 atom stereocenters. The predicted octanol–water partition coefficient (Wildman–Crippen LogP) is 3.43. The normalized spacial score (nSPS) is 13.9. The van der Waals surface area contributed by atoms with Crippen LogP contribution in [-0.4, -0.2) is 30.1 Å². The highest BCUT2D eigenvalue weighted by Crippen LogP contribution is 2.40. The summed E-state index contributed by atoms with van der Waals surface area (Å²) in [5, 5.41) is 11.5. The van der Waals surface area contributed by atoms with Crippen LogP contribution in [0.4, 0.5) is 11.4 Å². The van der Waals surface area contributed by atoms with Gasteiger partial charge in [0.1, 0.15) is 12.2 Å². The SMILES string of the molecule is CCOC(=O)CN(c1cc(Cl)c(Cl)cc1[N+](=O)[O-])C1CC1. The number of carbonyl (C=O) groups excluding carboxylic acids is 1. The van der Waals surface area contributed by atoms with E-state index in [9.17, 15) is 14.9 Å². The van der Waals surface area contributed by atoms with Gasteiger partial charge in [0.2, 0.25) is 0 Å². The van der Waals surface area contributed by atoms with Gasteiger partial charge in [-0.15, -0.1) is 0 Å². The molecule has 1 saturated carbocycles. The zero-order chi connectivity index (χ0) is 15.6. The lowest BCUT2D eigenvalue weighted by atomic mass is 10.2. The first-order valence-corrected chi connectivity index (χ1v) is 7.25. The minimum Gasteiger partial charge on any atom is -0.465 e. The largest absolute Gasteiger partial charge is 0.465 e. The average molecular weight is 333 g/mol. The van der Waals surface area contributed by atoms with Crippen molar-refractivity contribution in [3.63, 3.8) is 0 Å². The van der Waals surface area contributed by atoms with Crippen molar-refractivity contribution in [3.8, 4) is 0 Å². The molecule has 1 fully saturated rings. The molecule has 6 nitrogen and oxygen atoms in total. The summed E-state index contributed by atoms with van der Waals surface area (Å²) in [6, 6.07) is 2.73. The maximum absolute atomic E-state index is 11.7. The molecule has 0 spiro atoms. The summed E-state index contributed by atoms with van der Waals surface area (Å²) in [5.41, 5.74) is 0.130. The minimum absolute atomic E-state index is 0.0443. The van der Waals surface area contributed by atoms with Gasteiger partial charge < -0.3 is 9.64 Å². The number of benzene rings is 1. The molecule has 114 valence electrons.